The normalized spacial score (nSPS) is 13.4. The zero-order valence-corrected chi connectivity index (χ0v) is 5.07. The fourth-order valence-electron chi connectivity index (χ4n) is 0.408. The summed E-state index contributed by atoms with van der Waals surface area (Å²) in [5.41, 5.74) is -1.53. The monoisotopic (exact) mass is 154 g/mol. The van der Waals surface area contributed by atoms with E-state index >= 15 is 0 Å². The molecule has 0 aliphatic heterocycles. The molecular weight excluding hydrogens is 149 g/mol. The van der Waals surface area contributed by atoms with Gasteiger partial charge in [-0.05, 0) is 6.92 Å². The van der Waals surface area contributed by atoms with Crippen LogP contribution < -0.4 is 0 Å². The minimum absolute atomic E-state index is 0.516. The van der Waals surface area contributed by atoms with E-state index in [9.17, 15) is 18.0 Å². The van der Waals surface area contributed by atoms with Crippen molar-refractivity contribution in [2.24, 2.45) is 0 Å². The van der Waals surface area contributed by atoms with Crippen LogP contribution in [0.2, 0.25) is 0 Å². The maximum Gasteiger partial charge on any atom is 0.423 e. The highest BCUT2D eigenvalue weighted by atomic mass is 19.4. The van der Waals surface area contributed by atoms with Gasteiger partial charge in [0.2, 0.25) is 0 Å². The van der Waals surface area contributed by atoms with Crippen molar-refractivity contribution in [1.29, 1.82) is 0 Å². The lowest BCUT2D eigenvalue weighted by molar-refractivity contribution is -0.144. The molecule has 5 heteroatoms. The molecule has 58 valence electrons. The topological polar surface area (TPSA) is 37.3 Å². The fraction of sp³-hybridized carbons (Fsp3) is 0.400. The number of hydrogen-bond donors (Lipinski definition) is 1. The second-order valence-corrected chi connectivity index (χ2v) is 1.51. The number of carboxylic acid groups (broad SMARTS) is 1. The molecule has 0 aliphatic rings. The Morgan fingerprint density at radius 3 is 1.90 bits per heavy atom. The van der Waals surface area contributed by atoms with Crippen molar-refractivity contribution in [2.75, 3.05) is 0 Å². The largest absolute Gasteiger partial charge is 0.478 e. The van der Waals surface area contributed by atoms with Gasteiger partial charge in [0.15, 0.2) is 0 Å². The molecule has 0 heterocycles. The molecule has 2 nitrogen and oxygen atoms in total. The van der Waals surface area contributed by atoms with Crippen LogP contribution in [-0.4, -0.2) is 17.3 Å². The molecule has 0 bridgehead atoms. The second-order valence-electron chi connectivity index (χ2n) is 1.51. The van der Waals surface area contributed by atoms with E-state index in [0.29, 0.717) is 6.08 Å². The summed E-state index contributed by atoms with van der Waals surface area (Å²) in [7, 11) is 0. The summed E-state index contributed by atoms with van der Waals surface area (Å²) in [6.45, 7) is 1.02. The minimum atomic E-state index is -4.75. The smallest absolute Gasteiger partial charge is 0.423 e. The lowest BCUT2D eigenvalue weighted by Crippen LogP contribution is -2.19. The molecule has 0 spiro atoms. The second kappa shape index (κ2) is 2.72. The first-order valence-corrected chi connectivity index (χ1v) is 2.36. The Balaban J connectivity index is 4.56. The van der Waals surface area contributed by atoms with Crippen LogP contribution in [0.3, 0.4) is 0 Å². The standard InChI is InChI=1S/C5H5F3O2/c1-2-3(4(9)10)5(6,7)8/h2H,1H3,(H,9,10). The number of alkyl halides is 3. The van der Waals surface area contributed by atoms with Crippen molar-refractivity contribution in [1.82, 2.24) is 0 Å². The molecule has 0 radical (unpaired) electrons. The number of carbonyl (C=O) groups is 1. The summed E-state index contributed by atoms with van der Waals surface area (Å²) in [5, 5.41) is 7.92. The first kappa shape index (κ1) is 9.00. The number of aliphatic carboxylic acids is 1. The van der Waals surface area contributed by atoms with Crippen LogP contribution in [0.25, 0.3) is 0 Å². The highest BCUT2D eigenvalue weighted by Gasteiger charge is 2.37. The van der Waals surface area contributed by atoms with Gasteiger partial charge in [0.05, 0.1) is 0 Å². The number of allylic oxidation sites excluding steroid dienone is 1. The lowest BCUT2D eigenvalue weighted by atomic mass is 10.2. The number of rotatable bonds is 1. The molecule has 0 aromatic rings. The SMILES string of the molecule is CC=C(C(=O)O)C(F)(F)F. The average Bonchev–Trinajstić information content (AvgIpc) is 1.60. The molecule has 0 rings (SSSR count). The predicted molar refractivity (Wildman–Crippen MR) is 27.4 cm³/mol. The Morgan fingerprint density at radius 2 is 1.90 bits per heavy atom. The summed E-state index contributed by atoms with van der Waals surface area (Å²) < 4.78 is 34.6. The molecule has 0 aromatic heterocycles. The number of halogens is 3. The predicted octanol–water partition coefficient (Wildman–Crippen LogP) is 1.58. The zero-order chi connectivity index (χ0) is 8.36. The van der Waals surface area contributed by atoms with Gasteiger partial charge in [-0.1, -0.05) is 6.08 Å². The molecular formula is C5H5F3O2. The maximum absolute atomic E-state index is 11.5. The van der Waals surface area contributed by atoms with Gasteiger partial charge in [-0.15, -0.1) is 0 Å². The summed E-state index contributed by atoms with van der Waals surface area (Å²) in [6, 6.07) is 0. The van der Waals surface area contributed by atoms with Crippen LogP contribution >= 0.6 is 0 Å². The Labute approximate surface area is 55.0 Å². The first-order valence-electron chi connectivity index (χ1n) is 2.36. The van der Waals surface area contributed by atoms with Crippen molar-refractivity contribution in [3.63, 3.8) is 0 Å². The Morgan fingerprint density at radius 1 is 1.50 bits per heavy atom. The third-order valence-corrected chi connectivity index (χ3v) is 0.824. The van der Waals surface area contributed by atoms with E-state index < -0.39 is 17.7 Å². The van der Waals surface area contributed by atoms with E-state index in [0.717, 1.165) is 6.92 Å². The summed E-state index contributed by atoms with van der Waals surface area (Å²) in [5.74, 6) is -1.95. The van der Waals surface area contributed by atoms with Crippen LogP contribution in [0.4, 0.5) is 13.2 Å². The molecule has 0 saturated heterocycles. The summed E-state index contributed by atoms with van der Waals surface area (Å²) >= 11 is 0. The maximum atomic E-state index is 11.5. The minimum Gasteiger partial charge on any atom is -0.478 e. The summed E-state index contributed by atoms with van der Waals surface area (Å²) in [4.78, 5) is 9.79. The molecule has 0 atom stereocenters. The van der Waals surface area contributed by atoms with Crippen molar-refractivity contribution in [2.45, 2.75) is 13.1 Å². The highest BCUT2D eigenvalue weighted by Crippen LogP contribution is 2.25. The molecule has 0 saturated carbocycles. The van der Waals surface area contributed by atoms with E-state index in [2.05, 4.69) is 0 Å². The van der Waals surface area contributed by atoms with Gasteiger partial charge in [0.1, 0.15) is 5.57 Å². The van der Waals surface area contributed by atoms with Crippen molar-refractivity contribution < 1.29 is 23.1 Å². The van der Waals surface area contributed by atoms with E-state index in [-0.39, 0.29) is 0 Å². The third-order valence-electron chi connectivity index (χ3n) is 0.824. The van der Waals surface area contributed by atoms with Crippen molar-refractivity contribution in [3.8, 4) is 0 Å². The quantitative estimate of drug-likeness (QED) is 0.582. The van der Waals surface area contributed by atoms with Gasteiger partial charge in [0, 0.05) is 0 Å². The molecule has 0 fully saturated rings. The first-order chi connectivity index (χ1) is 4.39. The molecule has 0 aliphatic carbocycles. The number of carboxylic acids is 1. The van der Waals surface area contributed by atoms with E-state index in [1.54, 1.807) is 0 Å². The highest BCUT2D eigenvalue weighted by molar-refractivity contribution is 5.87. The van der Waals surface area contributed by atoms with Gasteiger partial charge in [-0.25, -0.2) is 4.79 Å². The number of hydrogen-bond acceptors (Lipinski definition) is 1. The molecule has 1 N–H and O–H groups in total. The third kappa shape index (κ3) is 2.08. The molecule has 0 aromatic carbocycles. The average molecular weight is 154 g/mol. The van der Waals surface area contributed by atoms with E-state index in [1.807, 2.05) is 0 Å². The summed E-state index contributed by atoms with van der Waals surface area (Å²) in [6.07, 6.45) is -4.23. The molecule has 0 unspecified atom stereocenters. The zero-order valence-electron chi connectivity index (χ0n) is 5.07. The van der Waals surface area contributed by atoms with Gasteiger partial charge in [-0.2, -0.15) is 13.2 Å². The van der Waals surface area contributed by atoms with Gasteiger partial charge < -0.3 is 5.11 Å². The van der Waals surface area contributed by atoms with Gasteiger partial charge in [-0.3, -0.25) is 0 Å². The Kier molecular flexibility index (Phi) is 2.45. The van der Waals surface area contributed by atoms with Gasteiger partial charge in [0.25, 0.3) is 0 Å². The van der Waals surface area contributed by atoms with Crippen molar-refractivity contribution in [3.05, 3.63) is 11.6 Å². The Hall–Kier alpha value is -1.00. The van der Waals surface area contributed by atoms with Crippen molar-refractivity contribution >= 4 is 5.97 Å². The van der Waals surface area contributed by atoms with Crippen LogP contribution in [0.15, 0.2) is 11.6 Å². The molecule has 10 heavy (non-hydrogen) atoms. The van der Waals surface area contributed by atoms with Crippen LogP contribution in [-0.2, 0) is 4.79 Å². The fourth-order valence-corrected chi connectivity index (χ4v) is 0.408. The van der Waals surface area contributed by atoms with E-state index in [4.69, 9.17) is 5.11 Å². The van der Waals surface area contributed by atoms with E-state index in [1.165, 1.54) is 0 Å². The lowest BCUT2D eigenvalue weighted by Gasteiger charge is -2.04. The van der Waals surface area contributed by atoms with Gasteiger partial charge >= 0.3 is 12.1 Å². The van der Waals surface area contributed by atoms with Crippen LogP contribution in [0.1, 0.15) is 6.92 Å². The molecule has 0 amide bonds. The Bertz CT molecular complexity index is 168. The van der Waals surface area contributed by atoms with Crippen LogP contribution in [0.5, 0.6) is 0 Å². The van der Waals surface area contributed by atoms with Crippen LogP contribution in [0, 0.1) is 0 Å².